The normalized spacial score (nSPS) is 15.8. The molecule has 1 aromatic carbocycles. The van der Waals surface area contributed by atoms with Gasteiger partial charge in [-0.2, -0.15) is 0 Å². The summed E-state index contributed by atoms with van der Waals surface area (Å²) in [6.45, 7) is 4.36. The average molecular weight is 313 g/mol. The van der Waals surface area contributed by atoms with E-state index < -0.39 is 0 Å². The third kappa shape index (κ3) is 3.55. The molecule has 0 aliphatic carbocycles. The molecule has 2 heterocycles. The van der Waals surface area contributed by atoms with Crippen molar-refractivity contribution >= 4 is 22.7 Å². The molecule has 0 unspecified atom stereocenters. The number of benzene rings is 1. The molecule has 1 saturated heterocycles. The summed E-state index contributed by atoms with van der Waals surface area (Å²) in [4.78, 5) is 25.4. The smallest absolute Gasteiger partial charge is 0.223 e. The molecular formula is C18H23N3O2. The first-order valence-corrected chi connectivity index (χ1v) is 8.22. The fraction of sp³-hybridized carbons (Fsp3) is 0.444. The number of carbonyl (C=O) groups excluding carboxylic acids is 2. The Balaban J connectivity index is 1.47. The number of para-hydroxylation sites is 1. The maximum absolute atomic E-state index is 12.2. The van der Waals surface area contributed by atoms with Crippen LogP contribution in [-0.2, 0) is 16.1 Å². The van der Waals surface area contributed by atoms with E-state index in [1.165, 1.54) is 10.9 Å². The first-order chi connectivity index (χ1) is 11.1. The number of carbonyl (C=O) groups is 2. The monoisotopic (exact) mass is 313 g/mol. The summed E-state index contributed by atoms with van der Waals surface area (Å²) in [6, 6.07) is 10.3. The quantitative estimate of drug-likeness (QED) is 0.939. The highest BCUT2D eigenvalue weighted by atomic mass is 16.2. The molecule has 5 nitrogen and oxygen atoms in total. The Labute approximate surface area is 136 Å². The lowest BCUT2D eigenvalue weighted by molar-refractivity contribution is -0.133. The van der Waals surface area contributed by atoms with E-state index in [1.54, 1.807) is 6.92 Å². The van der Waals surface area contributed by atoms with Crippen LogP contribution < -0.4 is 5.32 Å². The minimum Gasteiger partial charge on any atom is -0.354 e. The molecular weight excluding hydrogens is 290 g/mol. The maximum Gasteiger partial charge on any atom is 0.223 e. The third-order valence-electron chi connectivity index (χ3n) is 4.64. The van der Waals surface area contributed by atoms with Crippen LogP contribution >= 0.6 is 0 Å². The molecule has 2 amide bonds. The topological polar surface area (TPSA) is 54.3 Å². The van der Waals surface area contributed by atoms with E-state index in [4.69, 9.17) is 0 Å². The zero-order valence-corrected chi connectivity index (χ0v) is 13.5. The highest BCUT2D eigenvalue weighted by Gasteiger charge is 2.25. The van der Waals surface area contributed by atoms with Crippen LogP contribution in [0.25, 0.3) is 10.9 Å². The number of likely N-dealkylation sites (tertiary alicyclic amines) is 1. The van der Waals surface area contributed by atoms with Gasteiger partial charge in [-0.25, -0.2) is 0 Å². The molecule has 0 spiro atoms. The summed E-state index contributed by atoms with van der Waals surface area (Å²) in [5, 5.41) is 4.25. The SMILES string of the molecule is CC(=O)N1CCC(C(=O)NCCn2ccc3ccccc32)CC1. The van der Waals surface area contributed by atoms with Crippen molar-refractivity contribution in [3.63, 3.8) is 0 Å². The highest BCUT2D eigenvalue weighted by Crippen LogP contribution is 2.17. The van der Waals surface area contributed by atoms with Crippen molar-refractivity contribution in [3.05, 3.63) is 36.5 Å². The van der Waals surface area contributed by atoms with Crippen LogP contribution in [0.5, 0.6) is 0 Å². The van der Waals surface area contributed by atoms with Crippen molar-refractivity contribution in [1.29, 1.82) is 0 Å². The summed E-state index contributed by atoms with van der Waals surface area (Å²) < 4.78 is 2.16. The lowest BCUT2D eigenvalue weighted by Gasteiger charge is -2.30. The Morgan fingerprint density at radius 2 is 1.91 bits per heavy atom. The first kappa shape index (κ1) is 15.6. The Bertz CT molecular complexity index is 699. The minimum atomic E-state index is 0.0343. The van der Waals surface area contributed by atoms with E-state index in [0.29, 0.717) is 19.6 Å². The average Bonchev–Trinajstić information content (AvgIpc) is 2.98. The third-order valence-corrected chi connectivity index (χ3v) is 4.64. The number of hydrogen-bond donors (Lipinski definition) is 1. The van der Waals surface area contributed by atoms with Gasteiger partial charge in [-0.15, -0.1) is 0 Å². The lowest BCUT2D eigenvalue weighted by atomic mass is 9.96. The van der Waals surface area contributed by atoms with Crippen LogP contribution in [0, 0.1) is 5.92 Å². The van der Waals surface area contributed by atoms with Gasteiger partial charge in [-0.3, -0.25) is 9.59 Å². The molecule has 1 aliphatic rings. The lowest BCUT2D eigenvalue weighted by Crippen LogP contribution is -2.42. The fourth-order valence-electron chi connectivity index (χ4n) is 3.24. The molecule has 2 aromatic rings. The number of nitrogens with zero attached hydrogens (tertiary/aromatic N) is 2. The molecule has 0 saturated carbocycles. The summed E-state index contributed by atoms with van der Waals surface area (Å²) in [7, 11) is 0. The van der Waals surface area contributed by atoms with Gasteiger partial charge in [0.1, 0.15) is 0 Å². The Kier molecular flexibility index (Phi) is 4.65. The van der Waals surface area contributed by atoms with Crippen molar-refractivity contribution < 1.29 is 9.59 Å². The number of hydrogen-bond acceptors (Lipinski definition) is 2. The van der Waals surface area contributed by atoms with E-state index in [2.05, 4.69) is 34.3 Å². The van der Waals surface area contributed by atoms with E-state index in [-0.39, 0.29) is 17.7 Å². The number of amides is 2. The molecule has 0 bridgehead atoms. The van der Waals surface area contributed by atoms with E-state index in [9.17, 15) is 9.59 Å². The van der Waals surface area contributed by atoms with Gasteiger partial charge in [-0.05, 0) is 30.4 Å². The first-order valence-electron chi connectivity index (χ1n) is 8.22. The highest BCUT2D eigenvalue weighted by molar-refractivity contribution is 5.80. The number of aromatic nitrogens is 1. The van der Waals surface area contributed by atoms with Gasteiger partial charge < -0.3 is 14.8 Å². The molecule has 1 aliphatic heterocycles. The summed E-state index contributed by atoms with van der Waals surface area (Å²) in [6.07, 6.45) is 3.58. The molecule has 1 fully saturated rings. The standard InChI is InChI=1S/C18H23N3O2/c1-14(22)20-10-7-16(8-11-20)18(23)19-9-13-21-12-6-15-4-2-3-5-17(15)21/h2-6,12,16H,7-11,13H2,1H3,(H,19,23). The molecule has 1 N–H and O–H groups in total. The number of piperidine rings is 1. The molecule has 3 rings (SSSR count). The van der Waals surface area contributed by atoms with Gasteiger partial charge in [0.15, 0.2) is 0 Å². The largest absolute Gasteiger partial charge is 0.354 e. The zero-order valence-electron chi connectivity index (χ0n) is 13.5. The fourth-order valence-corrected chi connectivity index (χ4v) is 3.24. The number of nitrogens with one attached hydrogen (secondary N) is 1. The van der Waals surface area contributed by atoms with Crippen LogP contribution in [0.15, 0.2) is 36.5 Å². The molecule has 122 valence electrons. The van der Waals surface area contributed by atoms with E-state index >= 15 is 0 Å². The minimum absolute atomic E-state index is 0.0343. The van der Waals surface area contributed by atoms with Crippen LogP contribution in [0.2, 0.25) is 0 Å². The predicted octanol–water partition coefficient (Wildman–Crippen LogP) is 2.02. The molecule has 23 heavy (non-hydrogen) atoms. The van der Waals surface area contributed by atoms with Crippen molar-refractivity contribution in [2.24, 2.45) is 5.92 Å². The molecule has 5 heteroatoms. The van der Waals surface area contributed by atoms with Crippen LogP contribution in [0.1, 0.15) is 19.8 Å². The van der Waals surface area contributed by atoms with Gasteiger partial charge in [0.05, 0.1) is 0 Å². The van der Waals surface area contributed by atoms with Crippen molar-refractivity contribution in [2.75, 3.05) is 19.6 Å². The molecule has 1 aromatic heterocycles. The van der Waals surface area contributed by atoms with Gasteiger partial charge in [0.25, 0.3) is 0 Å². The van der Waals surface area contributed by atoms with Crippen LogP contribution in [-0.4, -0.2) is 40.9 Å². The van der Waals surface area contributed by atoms with Crippen molar-refractivity contribution in [3.8, 4) is 0 Å². The van der Waals surface area contributed by atoms with Gasteiger partial charge in [0.2, 0.25) is 11.8 Å². The summed E-state index contributed by atoms with van der Waals surface area (Å²) in [5.74, 6) is 0.250. The zero-order chi connectivity index (χ0) is 16.2. The molecule has 0 radical (unpaired) electrons. The van der Waals surface area contributed by atoms with Gasteiger partial charge >= 0.3 is 0 Å². The van der Waals surface area contributed by atoms with Crippen molar-refractivity contribution in [1.82, 2.24) is 14.8 Å². The van der Waals surface area contributed by atoms with E-state index in [0.717, 1.165) is 19.4 Å². The second kappa shape index (κ2) is 6.86. The van der Waals surface area contributed by atoms with Gasteiger partial charge in [-0.1, -0.05) is 18.2 Å². The number of fused-ring (bicyclic) bond motifs is 1. The second-order valence-electron chi connectivity index (χ2n) is 6.14. The van der Waals surface area contributed by atoms with Gasteiger partial charge in [0, 0.05) is 50.7 Å². The van der Waals surface area contributed by atoms with Crippen LogP contribution in [0.4, 0.5) is 0 Å². The molecule has 0 atom stereocenters. The second-order valence-corrected chi connectivity index (χ2v) is 6.14. The van der Waals surface area contributed by atoms with Crippen molar-refractivity contribution in [2.45, 2.75) is 26.3 Å². The van der Waals surface area contributed by atoms with E-state index in [1.807, 2.05) is 17.0 Å². The summed E-state index contributed by atoms with van der Waals surface area (Å²) in [5.41, 5.74) is 1.19. The van der Waals surface area contributed by atoms with Crippen LogP contribution in [0.3, 0.4) is 0 Å². The predicted molar refractivity (Wildman–Crippen MR) is 89.9 cm³/mol. The Morgan fingerprint density at radius 1 is 1.17 bits per heavy atom. The Morgan fingerprint density at radius 3 is 2.65 bits per heavy atom. The maximum atomic E-state index is 12.2. The summed E-state index contributed by atoms with van der Waals surface area (Å²) >= 11 is 0. The number of rotatable bonds is 4. The Hall–Kier alpha value is -2.30.